The summed E-state index contributed by atoms with van der Waals surface area (Å²) in [6.45, 7) is 0.411. The minimum Gasteiger partial charge on any atom is -0.398 e. The van der Waals surface area contributed by atoms with Crippen LogP contribution < -0.4 is 5.73 Å². The number of aldehydes is 1. The molecule has 0 amide bonds. The van der Waals surface area contributed by atoms with Gasteiger partial charge in [-0.1, -0.05) is 28.1 Å². The van der Waals surface area contributed by atoms with E-state index in [-0.39, 0.29) is 24.4 Å². The van der Waals surface area contributed by atoms with Crippen LogP contribution in [0.4, 0.5) is 10.1 Å². The molecule has 0 saturated heterocycles. The number of halogens is 2. The monoisotopic (exact) mass is 428 g/mol. The molecule has 0 bridgehead atoms. The van der Waals surface area contributed by atoms with Crippen molar-refractivity contribution >= 4 is 33.7 Å². The lowest BCUT2D eigenvalue weighted by Crippen LogP contribution is -2.10. The number of rotatable bonds is 7. The van der Waals surface area contributed by atoms with E-state index in [2.05, 4.69) is 15.9 Å². The molecule has 0 fully saturated rings. The number of Topliss-reactive ketones (excluding diaryl/α,β-unsaturated/α-hetero) is 1. The highest BCUT2D eigenvalue weighted by molar-refractivity contribution is 9.10. The van der Waals surface area contributed by atoms with Gasteiger partial charge in [0.1, 0.15) is 12.1 Å². The van der Waals surface area contributed by atoms with Gasteiger partial charge in [0.2, 0.25) is 0 Å². The van der Waals surface area contributed by atoms with Crippen molar-refractivity contribution in [1.82, 2.24) is 4.57 Å². The smallest absolute Gasteiger partial charge is 0.179 e. The molecule has 0 atom stereocenters. The zero-order valence-electron chi connectivity index (χ0n) is 14.5. The lowest BCUT2D eigenvalue weighted by atomic mass is 10.1. The summed E-state index contributed by atoms with van der Waals surface area (Å²) in [4.78, 5) is 23.2. The Morgan fingerprint density at radius 1 is 1.11 bits per heavy atom. The molecule has 1 heterocycles. The van der Waals surface area contributed by atoms with E-state index in [1.54, 1.807) is 24.3 Å². The van der Waals surface area contributed by atoms with E-state index >= 15 is 0 Å². The van der Waals surface area contributed by atoms with Crippen molar-refractivity contribution in [2.24, 2.45) is 0 Å². The number of anilines is 1. The summed E-state index contributed by atoms with van der Waals surface area (Å²) >= 11 is 3.43. The summed E-state index contributed by atoms with van der Waals surface area (Å²) in [6, 6.07) is 13.4. The number of nitrogen functional groups attached to an aromatic ring is 1. The highest BCUT2D eigenvalue weighted by Crippen LogP contribution is 2.26. The summed E-state index contributed by atoms with van der Waals surface area (Å²) in [7, 11) is 0. The number of hydrogen-bond acceptors (Lipinski definition) is 3. The first-order valence-corrected chi connectivity index (χ1v) is 9.24. The van der Waals surface area contributed by atoms with Crippen LogP contribution in [0.15, 0.2) is 59.2 Å². The molecule has 0 radical (unpaired) electrons. The van der Waals surface area contributed by atoms with Gasteiger partial charge in [-0.25, -0.2) is 4.39 Å². The molecule has 27 heavy (non-hydrogen) atoms. The van der Waals surface area contributed by atoms with Crippen LogP contribution in [0.2, 0.25) is 0 Å². The topological polar surface area (TPSA) is 65.1 Å². The molecule has 0 aliphatic heterocycles. The summed E-state index contributed by atoms with van der Waals surface area (Å²) in [6.07, 6.45) is 2.90. The average Bonchev–Trinajstić information content (AvgIpc) is 3.07. The maximum absolute atomic E-state index is 13.2. The second-order valence-electron chi connectivity index (χ2n) is 6.22. The molecule has 0 aliphatic rings. The molecule has 0 unspecified atom stereocenters. The van der Waals surface area contributed by atoms with Crippen LogP contribution in [0.1, 0.15) is 28.9 Å². The predicted octanol–water partition coefficient (Wildman–Crippen LogP) is 4.85. The molecule has 4 nitrogen and oxygen atoms in total. The van der Waals surface area contributed by atoms with Gasteiger partial charge >= 0.3 is 0 Å². The molecular formula is C21H18BrFN2O2. The number of carbonyl (C=O) groups is 2. The Hall–Kier alpha value is -2.73. The molecule has 0 spiro atoms. The third-order valence-corrected chi connectivity index (χ3v) is 4.79. The first-order valence-electron chi connectivity index (χ1n) is 8.45. The maximum Gasteiger partial charge on any atom is 0.179 e. The Kier molecular flexibility index (Phi) is 5.86. The number of nitrogens with two attached hydrogens (primary N) is 1. The Labute approximate surface area is 164 Å². The van der Waals surface area contributed by atoms with Gasteiger partial charge in [-0.15, -0.1) is 0 Å². The van der Waals surface area contributed by atoms with Gasteiger partial charge in [0, 0.05) is 41.3 Å². The number of ketones is 1. The Balaban J connectivity index is 2.01. The molecule has 2 aromatic carbocycles. The van der Waals surface area contributed by atoms with Crippen molar-refractivity contribution < 1.29 is 14.0 Å². The summed E-state index contributed by atoms with van der Waals surface area (Å²) in [5.41, 5.74) is 9.67. The van der Waals surface area contributed by atoms with Crippen LogP contribution in [0.25, 0.3) is 11.1 Å². The van der Waals surface area contributed by atoms with Crippen molar-refractivity contribution in [2.75, 3.05) is 5.73 Å². The van der Waals surface area contributed by atoms with Gasteiger partial charge in [0.05, 0.1) is 5.69 Å². The zero-order valence-corrected chi connectivity index (χ0v) is 16.1. The van der Waals surface area contributed by atoms with Gasteiger partial charge in [0.15, 0.2) is 5.78 Å². The van der Waals surface area contributed by atoms with E-state index in [1.165, 1.54) is 12.1 Å². The molecule has 1 aromatic heterocycles. The van der Waals surface area contributed by atoms with Crippen LogP contribution in [-0.4, -0.2) is 16.6 Å². The molecule has 3 rings (SSSR count). The van der Waals surface area contributed by atoms with E-state index in [4.69, 9.17) is 5.73 Å². The molecule has 6 heteroatoms. The fraction of sp³-hybridized carbons (Fsp3) is 0.143. The Morgan fingerprint density at radius 2 is 1.85 bits per heavy atom. The van der Waals surface area contributed by atoms with Crippen LogP contribution >= 0.6 is 15.9 Å². The van der Waals surface area contributed by atoms with Gasteiger partial charge in [-0.3, -0.25) is 4.79 Å². The van der Waals surface area contributed by atoms with Crippen LogP contribution in [0.5, 0.6) is 0 Å². The number of carbonyl (C=O) groups excluding carboxylic acids is 2. The summed E-state index contributed by atoms with van der Waals surface area (Å²) in [5, 5.41) is 0. The molecule has 0 saturated carbocycles. The van der Waals surface area contributed by atoms with Crippen LogP contribution in [-0.2, 0) is 11.3 Å². The number of nitrogens with zero attached hydrogens (tertiary/aromatic N) is 1. The molecule has 2 N–H and O–H groups in total. The minimum atomic E-state index is -0.317. The third-order valence-electron chi connectivity index (χ3n) is 4.29. The van der Waals surface area contributed by atoms with Crippen LogP contribution in [0, 0.1) is 5.82 Å². The molecular weight excluding hydrogens is 411 g/mol. The largest absolute Gasteiger partial charge is 0.398 e. The highest BCUT2D eigenvalue weighted by Gasteiger charge is 2.16. The van der Waals surface area contributed by atoms with Crippen LogP contribution in [0.3, 0.4) is 0 Å². The fourth-order valence-electron chi connectivity index (χ4n) is 2.89. The highest BCUT2D eigenvalue weighted by atomic mass is 79.9. The SMILES string of the molecule is Nc1ccc(Br)cc1Cn1cc(-c2ccc(F)cc2)cc1C(=O)CCC=O. The predicted molar refractivity (Wildman–Crippen MR) is 107 cm³/mol. The van der Waals surface area contributed by atoms with Crippen molar-refractivity contribution in [3.63, 3.8) is 0 Å². The van der Waals surface area contributed by atoms with E-state index in [9.17, 15) is 14.0 Å². The van der Waals surface area contributed by atoms with E-state index < -0.39 is 0 Å². The summed E-state index contributed by atoms with van der Waals surface area (Å²) < 4.78 is 15.9. The van der Waals surface area contributed by atoms with Crippen molar-refractivity contribution in [3.05, 3.63) is 76.3 Å². The first kappa shape index (κ1) is 19.0. The van der Waals surface area contributed by atoms with E-state index in [0.29, 0.717) is 17.9 Å². The van der Waals surface area contributed by atoms with E-state index in [0.717, 1.165) is 27.4 Å². The Morgan fingerprint density at radius 3 is 2.56 bits per heavy atom. The van der Waals surface area contributed by atoms with Crippen molar-refractivity contribution in [1.29, 1.82) is 0 Å². The maximum atomic E-state index is 13.2. The second kappa shape index (κ2) is 8.31. The number of aromatic nitrogens is 1. The van der Waals surface area contributed by atoms with Gasteiger partial charge in [-0.2, -0.15) is 0 Å². The Bertz CT molecular complexity index is 980. The number of hydrogen-bond donors (Lipinski definition) is 1. The van der Waals surface area contributed by atoms with Crippen molar-refractivity contribution in [3.8, 4) is 11.1 Å². The molecule has 0 aliphatic carbocycles. The second-order valence-corrected chi connectivity index (χ2v) is 7.14. The zero-order chi connectivity index (χ0) is 19.4. The number of benzene rings is 2. The average molecular weight is 429 g/mol. The third kappa shape index (κ3) is 4.52. The first-order chi connectivity index (χ1) is 13.0. The normalized spacial score (nSPS) is 10.7. The quantitative estimate of drug-likeness (QED) is 0.332. The van der Waals surface area contributed by atoms with Gasteiger partial charge < -0.3 is 15.1 Å². The standard InChI is InChI=1S/C21H18BrFN2O2/c22-17-5-8-19(24)16(10-17)13-25-12-15(14-3-6-18(23)7-4-14)11-20(25)21(27)2-1-9-26/h3-12H,1-2,13,24H2. The minimum absolute atomic E-state index is 0.121. The van der Waals surface area contributed by atoms with Gasteiger partial charge in [-0.05, 0) is 47.5 Å². The van der Waals surface area contributed by atoms with Crippen molar-refractivity contribution in [2.45, 2.75) is 19.4 Å². The summed E-state index contributed by atoms with van der Waals surface area (Å²) in [5.74, 6) is -0.439. The molecule has 3 aromatic rings. The van der Waals surface area contributed by atoms with Gasteiger partial charge in [0.25, 0.3) is 0 Å². The lowest BCUT2D eigenvalue weighted by Gasteiger charge is -2.11. The molecule has 138 valence electrons. The fourth-order valence-corrected chi connectivity index (χ4v) is 3.30. The lowest BCUT2D eigenvalue weighted by molar-refractivity contribution is -0.107. The van der Waals surface area contributed by atoms with E-state index in [1.807, 2.05) is 22.9 Å².